The molecule has 0 aliphatic heterocycles. The lowest BCUT2D eigenvalue weighted by Gasteiger charge is -1.96. The molecule has 1 heterocycles. The Hall–Kier alpha value is -2.93. The number of hydrogen-bond donors (Lipinski definition) is 2. The van der Waals surface area contributed by atoms with Gasteiger partial charge in [0.25, 0.3) is 5.69 Å². The van der Waals surface area contributed by atoms with Crippen molar-refractivity contribution in [1.82, 2.24) is 4.98 Å². The number of benzene rings is 2. The summed E-state index contributed by atoms with van der Waals surface area (Å²) in [5.74, 6) is -0.181. The predicted octanol–water partition coefficient (Wildman–Crippen LogP) is 4.85. The molecule has 0 aliphatic rings. The van der Waals surface area contributed by atoms with Crippen molar-refractivity contribution in [1.29, 1.82) is 0 Å². The average Bonchev–Trinajstić information content (AvgIpc) is 2.80. The maximum Gasteiger partial charge on any atom is 0.296 e. The van der Waals surface area contributed by atoms with Crippen molar-refractivity contribution in [3.63, 3.8) is 0 Å². The van der Waals surface area contributed by atoms with E-state index in [1.54, 1.807) is 30.3 Å². The number of nitro benzene ring substituents is 1. The number of hydrogen-bond acceptors (Lipinski definition) is 5. The van der Waals surface area contributed by atoms with E-state index in [-0.39, 0.29) is 22.9 Å². The van der Waals surface area contributed by atoms with Crippen LogP contribution in [0, 0.1) is 10.1 Å². The highest BCUT2D eigenvalue weighted by Crippen LogP contribution is 2.38. The Labute approximate surface area is 129 Å². The molecule has 7 nitrogen and oxygen atoms in total. The first kappa shape index (κ1) is 14.0. The van der Waals surface area contributed by atoms with Crippen LogP contribution in [0.5, 0.6) is 5.88 Å². The second kappa shape index (κ2) is 5.45. The van der Waals surface area contributed by atoms with Gasteiger partial charge in [-0.25, -0.2) is 0 Å². The van der Waals surface area contributed by atoms with Crippen LogP contribution < -0.4 is 0 Å². The SMILES string of the molecule is O=[N+]([O-])c1ccccc1N=Nc1c(O)[nH]c2ccc(Cl)cc12. The van der Waals surface area contributed by atoms with Crippen molar-refractivity contribution < 1.29 is 10.0 Å². The van der Waals surface area contributed by atoms with Gasteiger partial charge in [0.05, 0.1) is 10.4 Å². The standard InChI is InChI=1S/C14H9ClN4O3/c15-8-5-6-10-9(7-8)13(14(20)16-10)18-17-11-3-1-2-4-12(11)19(21)22/h1-7,16,20H. The maximum atomic E-state index is 10.9. The second-order valence-corrected chi connectivity index (χ2v) is 4.89. The van der Waals surface area contributed by atoms with E-state index >= 15 is 0 Å². The lowest BCUT2D eigenvalue weighted by molar-refractivity contribution is -0.384. The van der Waals surface area contributed by atoms with Gasteiger partial charge in [-0.05, 0) is 24.3 Å². The van der Waals surface area contributed by atoms with Gasteiger partial charge in [0.15, 0.2) is 11.4 Å². The predicted molar refractivity (Wildman–Crippen MR) is 82.2 cm³/mol. The van der Waals surface area contributed by atoms with E-state index in [1.165, 1.54) is 12.1 Å². The molecule has 0 spiro atoms. The monoisotopic (exact) mass is 316 g/mol. The Morgan fingerprint density at radius 3 is 2.73 bits per heavy atom. The first-order chi connectivity index (χ1) is 10.6. The molecule has 0 unspecified atom stereocenters. The van der Waals surface area contributed by atoms with Gasteiger partial charge in [0.2, 0.25) is 5.88 Å². The third-order valence-corrected chi connectivity index (χ3v) is 3.29. The lowest BCUT2D eigenvalue weighted by Crippen LogP contribution is -1.86. The topological polar surface area (TPSA) is 104 Å². The molecule has 0 saturated carbocycles. The summed E-state index contributed by atoms with van der Waals surface area (Å²) >= 11 is 5.93. The van der Waals surface area contributed by atoms with Crippen molar-refractivity contribution in [3.8, 4) is 5.88 Å². The zero-order chi connectivity index (χ0) is 15.7. The number of nitrogens with one attached hydrogen (secondary N) is 1. The summed E-state index contributed by atoms with van der Waals surface area (Å²) in [6, 6.07) is 11.0. The normalized spacial score (nSPS) is 11.3. The molecule has 3 rings (SSSR count). The highest BCUT2D eigenvalue weighted by molar-refractivity contribution is 6.31. The second-order valence-electron chi connectivity index (χ2n) is 4.46. The van der Waals surface area contributed by atoms with Crippen LogP contribution in [0.25, 0.3) is 10.9 Å². The number of fused-ring (bicyclic) bond motifs is 1. The van der Waals surface area contributed by atoms with E-state index in [2.05, 4.69) is 15.2 Å². The smallest absolute Gasteiger partial charge is 0.296 e. The van der Waals surface area contributed by atoms with Gasteiger partial charge in [0.1, 0.15) is 0 Å². The molecule has 0 amide bonds. The molecule has 0 radical (unpaired) electrons. The summed E-state index contributed by atoms with van der Waals surface area (Å²) in [6.45, 7) is 0. The van der Waals surface area contributed by atoms with Crippen molar-refractivity contribution >= 4 is 39.6 Å². The van der Waals surface area contributed by atoms with Gasteiger partial charge in [-0.1, -0.05) is 23.7 Å². The summed E-state index contributed by atoms with van der Waals surface area (Å²) in [5.41, 5.74) is 0.751. The van der Waals surface area contributed by atoms with Crippen LogP contribution in [-0.4, -0.2) is 15.0 Å². The van der Waals surface area contributed by atoms with Crippen LogP contribution in [0.3, 0.4) is 0 Å². The van der Waals surface area contributed by atoms with Crippen LogP contribution in [-0.2, 0) is 0 Å². The summed E-state index contributed by atoms with van der Waals surface area (Å²) in [5, 5.41) is 29.7. The van der Waals surface area contributed by atoms with E-state index in [9.17, 15) is 15.2 Å². The molecule has 0 bridgehead atoms. The fraction of sp³-hybridized carbons (Fsp3) is 0. The molecule has 0 saturated heterocycles. The van der Waals surface area contributed by atoms with Crippen LogP contribution in [0.4, 0.5) is 17.1 Å². The summed E-state index contributed by atoms with van der Waals surface area (Å²) in [7, 11) is 0. The van der Waals surface area contributed by atoms with Crippen molar-refractivity contribution in [3.05, 3.63) is 57.6 Å². The van der Waals surface area contributed by atoms with Crippen molar-refractivity contribution in [2.45, 2.75) is 0 Å². The number of aromatic amines is 1. The number of aromatic hydroxyl groups is 1. The Bertz CT molecular complexity index is 904. The van der Waals surface area contributed by atoms with E-state index in [0.717, 1.165) is 0 Å². The Balaban J connectivity index is 2.09. The molecule has 0 atom stereocenters. The zero-order valence-corrected chi connectivity index (χ0v) is 11.8. The highest BCUT2D eigenvalue weighted by Gasteiger charge is 2.14. The molecular weight excluding hydrogens is 308 g/mol. The van der Waals surface area contributed by atoms with Crippen molar-refractivity contribution in [2.24, 2.45) is 10.2 Å². The number of nitro groups is 1. The first-order valence-electron chi connectivity index (χ1n) is 6.21. The third kappa shape index (κ3) is 2.49. The minimum absolute atomic E-state index is 0.100. The molecule has 1 aromatic heterocycles. The van der Waals surface area contributed by atoms with Crippen LogP contribution in [0.15, 0.2) is 52.7 Å². The molecule has 0 fully saturated rings. The van der Waals surface area contributed by atoms with Gasteiger partial charge in [-0.3, -0.25) is 10.1 Å². The summed E-state index contributed by atoms with van der Waals surface area (Å²) in [6.07, 6.45) is 0. The van der Waals surface area contributed by atoms with Gasteiger partial charge in [-0.15, -0.1) is 10.2 Å². The Morgan fingerprint density at radius 2 is 1.95 bits per heavy atom. The minimum atomic E-state index is -0.541. The molecule has 22 heavy (non-hydrogen) atoms. The van der Waals surface area contributed by atoms with Crippen LogP contribution in [0.1, 0.15) is 0 Å². The zero-order valence-electron chi connectivity index (χ0n) is 11.0. The highest BCUT2D eigenvalue weighted by atomic mass is 35.5. The van der Waals surface area contributed by atoms with Gasteiger partial charge < -0.3 is 10.1 Å². The molecular formula is C14H9ClN4O3. The average molecular weight is 317 g/mol. The number of azo groups is 1. The number of para-hydroxylation sites is 1. The number of rotatable bonds is 3. The molecule has 2 N–H and O–H groups in total. The Kier molecular flexibility index (Phi) is 3.48. The number of H-pyrrole nitrogens is 1. The number of aromatic nitrogens is 1. The fourth-order valence-electron chi connectivity index (χ4n) is 2.04. The molecule has 110 valence electrons. The maximum absolute atomic E-state index is 10.9. The number of nitrogens with zero attached hydrogens (tertiary/aromatic N) is 3. The van der Waals surface area contributed by atoms with Gasteiger partial charge in [0, 0.05) is 16.5 Å². The van der Waals surface area contributed by atoms with Gasteiger partial charge in [-0.2, -0.15) is 0 Å². The minimum Gasteiger partial charge on any atom is -0.493 e. The summed E-state index contributed by atoms with van der Waals surface area (Å²) in [4.78, 5) is 13.1. The largest absolute Gasteiger partial charge is 0.493 e. The molecule has 3 aromatic rings. The summed E-state index contributed by atoms with van der Waals surface area (Å²) < 4.78 is 0. The van der Waals surface area contributed by atoms with E-state index < -0.39 is 4.92 Å². The van der Waals surface area contributed by atoms with Crippen LogP contribution in [0.2, 0.25) is 5.02 Å². The van der Waals surface area contributed by atoms with E-state index in [4.69, 9.17) is 11.6 Å². The van der Waals surface area contributed by atoms with Gasteiger partial charge >= 0.3 is 0 Å². The Morgan fingerprint density at radius 1 is 1.18 bits per heavy atom. The number of halogens is 1. The molecule has 8 heteroatoms. The van der Waals surface area contributed by atoms with E-state index in [0.29, 0.717) is 15.9 Å². The molecule has 0 aliphatic carbocycles. The van der Waals surface area contributed by atoms with E-state index in [1.807, 2.05) is 0 Å². The first-order valence-corrected chi connectivity index (χ1v) is 6.59. The quantitative estimate of drug-likeness (QED) is 0.410. The van der Waals surface area contributed by atoms with Crippen LogP contribution >= 0.6 is 11.6 Å². The lowest BCUT2D eigenvalue weighted by atomic mass is 10.2. The molecule has 2 aromatic carbocycles. The fourth-order valence-corrected chi connectivity index (χ4v) is 2.22. The van der Waals surface area contributed by atoms with Crippen molar-refractivity contribution in [2.75, 3.05) is 0 Å². The third-order valence-electron chi connectivity index (χ3n) is 3.05.